The highest BCUT2D eigenvalue weighted by molar-refractivity contribution is 6.33. The lowest BCUT2D eigenvalue weighted by Crippen LogP contribution is -2.29. The third kappa shape index (κ3) is 6.27. The number of aromatic nitrogens is 1. The summed E-state index contributed by atoms with van der Waals surface area (Å²) in [5, 5.41) is 16.6. The van der Waals surface area contributed by atoms with Gasteiger partial charge in [-0.2, -0.15) is 0 Å². The Balaban J connectivity index is 1.42. The van der Waals surface area contributed by atoms with E-state index in [0.29, 0.717) is 62.4 Å². The molecule has 0 fully saturated rings. The number of anilines is 3. The lowest BCUT2D eigenvalue weighted by molar-refractivity contribution is 0.0953. The molecule has 0 bridgehead atoms. The number of carbonyl (C=O) groups excluding carboxylic acids is 2. The smallest absolute Gasteiger partial charge is 0.257 e. The van der Waals surface area contributed by atoms with E-state index in [-0.39, 0.29) is 18.4 Å². The van der Waals surface area contributed by atoms with Gasteiger partial charge in [0.25, 0.3) is 11.8 Å². The molecular weight excluding hydrogens is 530 g/mol. The van der Waals surface area contributed by atoms with Crippen molar-refractivity contribution in [1.82, 2.24) is 10.5 Å². The summed E-state index contributed by atoms with van der Waals surface area (Å²) in [7, 11) is 3.37. The first kappa shape index (κ1) is 28.3. The van der Waals surface area contributed by atoms with E-state index in [1.807, 2.05) is 37.4 Å². The average molecular weight is 560 g/mol. The number of carbonyl (C=O) groups is 2. The largest absolute Gasteiger partial charge is 0.496 e. The number of amides is 2. The maximum atomic E-state index is 13.1. The molecule has 4 aromatic rings. The second-order valence-corrected chi connectivity index (χ2v) is 9.16. The average Bonchev–Trinajstić information content (AvgIpc) is 3.37. The van der Waals surface area contributed by atoms with Gasteiger partial charge in [0.1, 0.15) is 22.8 Å². The molecule has 0 saturated carbocycles. The second-order valence-electron chi connectivity index (χ2n) is 8.75. The van der Waals surface area contributed by atoms with Crippen LogP contribution in [-0.2, 0) is 0 Å². The summed E-state index contributed by atoms with van der Waals surface area (Å²) in [5.74, 6) is 0.394. The first-order valence-electron chi connectivity index (χ1n) is 12.5. The number of nitrogens with one attached hydrogen (secondary N) is 4. The summed E-state index contributed by atoms with van der Waals surface area (Å²) >= 11 is 6.48. The fourth-order valence-electron chi connectivity index (χ4n) is 4.11. The normalized spacial score (nSPS) is 10.5. The zero-order valence-electron chi connectivity index (χ0n) is 22.4. The number of halogens is 1. The number of hydrogen-bond acceptors (Lipinski definition) is 7. The molecule has 0 atom stereocenters. The highest BCUT2D eigenvalue weighted by atomic mass is 35.5. The van der Waals surface area contributed by atoms with Gasteiger partial charge in [-0.15, -0.1) is 0 Å². The van der Waals surface area contributed by atoms with Gasteiger partial charge < -0.3 is 30.5 Å². The molecule has 1 heterocycles. The van der Waals surface area contributed by atoms with E-state index in [1.165, 1.54) is 0 Å². The summed E-state index contributed by atoms with van der Waals surface area (Å²) in [5.41, 5.74) is 4.65. The van der Waals surface area contributed by atoms with Crippen LogP contribution in [0.1, 0.15) is 32.0 Å². The van der Waals surface area contributed by atoms with Gasteiger partial charge in [-0.25, -0.2) is 0 Å². The van der Waals surface area contributed by atoms with Gasteiger partial charge in [0.2, 0.25) is 0 Å². The minimum absolute atomic E-state index is 0.263. The molecule has 4 rings (SSSR count). The molecule has 10 heteroatoms. The molecule has 0 radical (unpaired) electrons. The van der Waals surface area contributed by atoms with Crippen molar-refractivity contribution in [3.63, 3.8) is 0 Å². The summed E-state index contributed by atoms with van der Waals surface area (Å²) in [6.45, 7) is 6.16. The lowest BCUT2D eigenvalue weighted by Gasteiger charge is -2.15. The topological polar surface area (TPSA) is 118 Å². The van der Waals surface area contributed by atoms with Crippen LogP contribution in [0.2, 0.25) is 5.02 Å². The number of hydrogen-bond donors (Lipinski definition) is 4. The van der Waals surface area contributed by atoms with Crippen molar-refractivity contribution in [3.05, 3.63) is 94.7 Å². The Hall–Kier alpha value is -4.76. The number of benzene rings is 3. The van der Waals surface area contributed by atoms with Gasteiger partial charge in [-0.1, -0.05) is 41.5 Å². The van der Waals surface area contributed by atoms with Crippen molar-refractivity contribution in [2.75, 3.05) is 43.2 Å². The Kier molecular flexibility index (Phi) is 9.08. The van der Waals surface area contributed by atoms with Crippen LogP contribution in [0.3, 0.4) is 0 Å². The molecule has 0 aliphatic rings. The van der Waals surface area contributed by atoms with Crippen LogP contribution in [0.25, 0.3) is 17.3 Å². The molecule has 4 N–H and O–H groups in total. The molecule has 0 saturated heterocycles. The maximum absolute atomic E-state index is 13.1. The van der Waals surface area contributed by atoms with Crippen LogP contribution in [0, 0.1) is 6.92 Å². The third-order valence-electron chi connectivity index (χ3n) is 6.22. The minimum Gasteiger partial charge on any atom is -0.496 e. The van der Waals surface area contributed by atoms with Gasteiger partial charge in [-0.3, -0.25) is 9.59 Å². The lowest BCUT2D eigenvalue weighted by atomic mass is 10.0. The Labute approximate surface area is 237 Å². The van der Waals surface area contributed by atoms with Gasteiger partial charge in [0.05, 0.1) is 23.5 Å². The van der Waals surface area contributed by atoms with E-state index in [2.05, 4.69) is 33.0 Å². The molecule has 1 aromatic heterocycles. The number of rotatable bonds is 11. The van der Waals surface area contributed by atoms with E-state index in [4.69, 9.17) is 20.9 Å². The van der Waals surface area contributed by atoms with E-state index in [9.17, 15) is 9.59 Å². The Morgan fingerprint density at radius 1 is 1.05 bits per heavy atom. The van der Waals surface area contributed by atoms with Crippen molar-refractivity contribution >= 4 is 46.6 Å². The Morgan fingerprint density at radius 3 is 2.50 bits per heavy atom. The molecule has 0 unspecified atom stereocenters. The van der Waals surface area contributed by atoms with Crippen LogP contribution in [0.15, 0.2) is 71.8 Å². The molecule has 3 aromatic carbocycles. The zero-order chi connectivity index (χ0) is 28.6. The second kappa shape index (κ2) is 12.9. The molecule has 9 nitrogen and oxygen atoms in total. The molecule has 0 spiro atoms. The van der Waals surface area contributed by atoms with Crippen molar-refractivity contribution in [2.45, 2.75) is 6.92 Å². The number of methoxy groups -OCH3 is 1. The summed E-state index contributed by atoms with van der Waals surface area (Å²) in [6.07, 6.45) is 1.62. The van der Waals surface area contributed by atoms with Crippen molar-refractivity contribution in [1.29, 1.82) is 0 Å². The van der Waals surface area contributed by atoms with E-state index >= 15 is 0 Å². The third-order valence-corrected chi connectivity index (χ3v) is 6.53. The van der Waals surface area contributed by atoms with Crippen LogP contribution in [0.4, 0.5) is 17.1 Å². The number of ether oxygens (including phenoxy) is 1. The standard InChI is InChI=1S/C30H30ClN5O4/c1-5-19-16-23(31)25(17-24(19)35-29(37)20-10-12-21(32-3)13-11-20)33-14-15-34-30(38)27-18(2)40-36-28(27)22-8-6-7-9-26(22)39-4/h5-13,16-17,32-33H,1,14-15H2,2-4H3,(H,34,38)(H,35,37). The Morgan fingerprint density at radius 2 is 1.80 bits per heavy atom. The van der Waals surface area contributed by atoms with Gasteiger partial charge in [0.15, 0.2) is 0 Å². The fraction of sp³-hybridized carbons (Fsp3) is 0.167. The van der Waals surface area contributed by atoms with Crippen LogP contribution in [-0.4, -0.2) is 44.2 Å². The summed E-state index contributed by atoms with van der Waals surface area (Å²) < 4.78 is 10.7. The SMILES string of the molecule is C=Cc1cc(Cl)c(NCCNC(=O)c2c(-c3ccccc3OC)noc2C)cc1NC(=O)c1ccc(NC)cc1. The predicted molar refractivity (Wildman–Crippen MR) is 160 cm³/mol. The van der Waals surface area contributed by atoms with E-state index < -0.39 is 0 Å². The van der Waals surface area contributed by atoms with E-state index in [1.54, 1.807) is 50.4 Å². The molecule has 2 amide bonds. The molecular formula is C30H30ClN5O4. The van der Waals surface area contributed by atoms with Crippen LogP contribution in [0.5, 0.6) is 5.75 Å². The first-order chi connectivity index (χ1) is 19.4. The highest BCUT2D eigenvalue weighted by Crippen LogP contribution is 2.33. The minimum atomic E-state index is -0.327. The summed E-state index contributed by atoms with van der Waals surface area (Å²) in [6, 6.07) is 17.9. The number of aryl methyl sites for hydroxylation is 1. The molecule has 40 heavy (non-hydrogen) atoms. The summed E-state index contributed by atoms with van der Waals surface area (Å²) in [4.78, 5) is 25.9. The number of nitrogens with zero attached hydrogens (tertiary/aromatic N) is 1. The first-order valence-corrected chi connectivity index (χ1v) is 12.9. The molecule has 0 aliphatic heterocycles. The van der Waals surface area contributed by atoms with Crippen molar-refractivity contribution in [2.24, 2.45) is 0 Å². The van der Waals surface area contributed by atoms with Crippen molar-refractivity contribution < 1.29 is 18.8 Å². The fourth-order valence-corrected chi connectivity index (χ4v) is 4.35. The van der Waals surface area contributed by atoms with Gasteiger partial charge in [-0.05, 0) is 61.0 Å². The van der Waals surface area contributed by atoms with E-state index in [0.717, 1.165) is 5.69 Å². The quantitative estimate of drug-likeness (QED) is 0.164. The Bertz CT molecular complexity index is 1530. The zero-order valence-corrected chi connectivity index (χ0v) is 23.2. The van der Waals surface area contributed by atoms with Crippen molar-refractivity contribution in [3.8, 4) is 17.0 Å². The monoisotopic (exact) mass is 559 g/mol. The van der Waals surface area contributed by atoms with Crippen LogP contribution >= 0.6 is 11.6 Å². The number of para-hydroxylation sites is 1. The highest BCUT2D eigenvalue weighted by Gasteiger charge is 2.23. The van der Waals surface area contributed by atoms with Gasteiger partial charge in [0, 0.05) is 37.0 Å². The van der Waals surface area contributed by atoms with Gasteiger partial charge >= 0.3 is 0 Å². The molecule has 206 valence electrons. The van der Waals surface area contributed by atoms with Crippen LogP contribution < -0.4 is 26.0 Å². The molecule has 0 aliphatic carbocycles. The predicted octanol–water partition coefficient (Wildman–Crippen LogP) is 6.09. The maximum Gasteiger partial charge on any atom is 0.257 e.